The Kier molecular flexibility index (Phi) is 4.38. The fourth-order valence-corrected chi connectivity index (χ4v) is 2.21. The normalized spacial score (nSPS) is 13.6. The largest absolute Gasteiger partial charge is 0.360 e. The molecule has 4 N–H and O–H groups in total. The predicted molar refractivity (Wildman–Crippen MR) is 84.3 cm³/mol. The van der Waals surface area contributed by atoms with Crippen molar-refractivity contribution in [3.63, 3.8) is 0 Å². The molecule has 1 aliphatic carbocycles. The van der Waals surface area contributed by atoms with E-state index in [1.54, 1.807) is 30.3 Å². The second kappa shape index (κ2) is 6.62. The van der Waals surface area contributed by atoms with Gasteiger partial charge in [-0.3, -0.25) is 9.59 Å². The van der Waals surface area contributed by atoms with Crippen molar-refractivity contribution in [3.8, 4) is 0 Å². The summed E-state index contributed by atoms with van der Waals surface area (Å²) in [4.78, 5) is 24.4. The molecule has 2 amide bonds. The van der Waals surface area contributed by atoms with Crippen LogP contribution in [0.15, 0.2) is 34.9 Å². The van der Waals surface area contributed by atoms with E-state index in [-0.39, 0.29) is 11.6 Å². The maximum absolute atomic E-state index is 12.3. The highest BCUT2D eigenvalue weighted by atomic mass is 16.5. The Morgan fingerprint density at radius 3 is 2.78 bits per heavy atom. The maximum Gasteiger partial charge on any atom is 0.277 e. The van der Waals surface area contributed by atoms with Gasteiger partial charge in [0.05, 0.1) is 11.3 Å². The monoisotopic (exact) mass is 314 g/mol. The SMILES string of the molecule is NCCNC(=O)c1ccccc1NC(=O)c1cc(C2CC2)on1. The van der Waals surface area contributed by atoms with E-state index < -0.39 is 5.91 Å². The number of nitrogens with zero attached hydrogens (tertiary/aromatic N) is 1. The minimum atomic E-state index is -0.403. The van der Waals surface area contributed by atoms with Gasteiger partial charge in [-0.05, 0) is 25.0 Å². The lowest BCUT2D eigenvalue weighted by Gasteiger charge is -2.10. The van der Waals surface area contributed by atoms with E-state index in [4.69, 9.17) is 10.3 Å². The molecule has 0 aliphatic heterocycles. The lowest BCUT2D eigenvalue weighted by atomic mass is 10.1. The van der Waals surface area contributed by atoms with Gasteiger partial charge in [0, 0.05) is 25.1 Å². The van der Waals surface area contributed by atoms with Crippen LogP contribution in [-0.4, -0.2) is 30.1 Å². The van der Waals surface area contributed by atoms with E-state index in [1.165, 1.54) is 0 Å². The van der Waals surface area contributed by atoms with E-state index in [0.29, 0.717) is 30.3 Å². The molecule has 7 nitrogen and oxygen atoms in total. The first-order chi connectivity index (χ1) is 11.2. The molecule has 0 unspecified atom stereocenters. The van der Waals surface area contributed by atoms with Gasteiger partial charge in [-0.25, -0.2) is 0 Å². The maximum atomic E-state index is 12.3. The number of amides is 2. The Morgan fingerprint density at radius 2 is 2.04 bits per heavy atom. The molecular weight excluding hydrogens is 296 g/mol. The number of anilines is 1. The Hall–Kier alpha value is -2.67. The fourth-order valence-electron chi connectivity index (χ4n) is 2.21. The van der Waals surface area contributed by atoms with Crippen molar-refractivity contribution in [2.24, 2.45) is 5.73 Å². The van der Waals surface area contributed by atoms with Crippen LogP contribution in [0.25, 0.3) is 0 Å². The molecule has 1 aromatic heterocycles. The summed E-state index contributed by atoms with van der Waals surface area (Å²) in [6.07, 6.45) is 2.14. The minimum Gasteiger partial charge on any atom is -0.360 e. The molecule has 0 bridgehead atoms. The van der Waals surface area contributed by atoms with Crippen LogP contribution < -0.4 is 16.4 Å². The highest BCUT2D eigenvalue weighted by Gasteiger charge is 2.29. The van der Waals surface area contributed by atoms with Crippen LogP contribution in [0.4, 0.5) is 5.69 Å². The second-order valence-electron chi connectivity index (χ2n) is 5.43. The number of benzene rings is 1. The summed E-state index contributed by atoms with van der Waals surface area (Å²) in [5, 5.41) is 9.18. The summed E-state index contributed by atoms with van der Waals surface area (Å²) >= 11 is 0. The van der Waals surface area contributed by atoms with E-state index in [9.17, 15) is 9.59 Å². The van der Waals surface area contributed by atoms with Gasteiger partial charge in [0.2, 0.25) is 0 Å². The number of rotatable bonds is 6. The first kappa shape index (κ1) is 15.2. The van der Waals surface area contributed by atoms with Gasteiger partial charge >= 0.3 is 0 Å². The number of para-hydroxylation sites is 1. The van der Waals surface area contributed by atoms with Crippen LogP contribution in [0.3, 0.4) is 0 Å². The van der Waals surface area contributed by atoms with Crippen molar-refractivity contribution in [2.75, 3.05) is 18.4 Å². The van der Waals surface area contributed by atoms with Gasteiger partial charge in [-0.15, -0.1) is 0 Å². The van der Waals surface area contributed by atoms with Crippen LogP contribution in [0, 0.1) is 0 Å². The lowest BCUT2D eigenvalue weighted by Crippen LogP contribution is -2.30. The van der Waals surface area contributed by atoms with Crippen LogP contribution in [0.5, 0.6) is 0 Å². The smallest absolute Gasteiger partial charge is 0.277 e. The Bertz CT molecular complexity index is 722. The minimum absolute atomic E-state index is 0.212. The van der Waals surface area contributed by atoms with Crippen molar-refractivity contribution in [1.82, 2.24) is 10.5 Å². The van der Waals surface area contributed by atoms with E-state index in [1.807, 2.05) is 0 Å². The van der Waals surface area contributed by atoms with Gasteiger partial charge < -0.3 is 20.9 Å². The molecule has 0 saturated heterocycles. The summed E-state index contributed by atoms with van der Waals surface area (Å²) in [5.74, 6) is 0.437. The number of nitrogens with two attached hydrogens (primary N) is 1. The van der Waals surface area contributed by atoms with Crippen molar-refractivity contribution in [3.05, 3.63) is 47.3 Å². The molecule has 23 heavy (non-hydrogen) atoms. The number of carbonyl (C=O) groups excluding carboxylic acids is 2. The van der Waals surface area contributed by atoms with Crippen LogP contribution in [0.2, 0.25) is 0 Å². The predicted octanol–water partition coefficient (Wildman–Crippen LogP) is 1.49. The molecule has 120 valence electrons. The summed E-state index contributed by atoms with van der Waals surface area (Å²) < 4.78 is 5.17. The molecule has 1 saturated carbocycles. The zero-order chi connectivity index (χ0) is 16.2. The van der Waals surface area contributed by atoms with Crippen LogP contribution in [-0.2, 0) is 0 Å². The number of nitrogens with one attached hydrogen (secondary N) is 2. The van der Waals surface area contributed by atoms with Crippen molar-refractivity contribution < 1.29 is 14.1 Å². The second-order valence-corrected chi connectivity index (χ2v) is 5.43. The van der Waals surface area contributed by atoms with Crippen LogP contribution in [0.1, 0.15) is 45.4 Å². The average Bonchev–Trinajstić information content (AvgIpc) is 3.30. The molecule has 0 spiro atoms. The Balaban J connectivity index is 1.73. The van der Waals surface area contributed by atoms with Crippen LogP contribution >= 0.6 is 0 Å². The number of carbonyl (C=O) groups is 2. The van der Waals surface area contributed by atoms with Crippen molar-refractivity contribution >= 4 is 17.5 Å². The third kappa shape index (κ3) is 3.57. The zero-order valence-corrected chi connectivity index (χ0v) is 12.5. The Morgan fingerprint density at radius 1 is 1.26 bits per heavy atom. The summed E-state index contributed by atoms with van der Waals surface area (Å²) in [7, 11) is 0. The summed E-state index contributed by atoms with van der Waals surface area (Å²) in [6, 6.07) is 8.43. The van der Waals surface area contributed by atoms with E-state index >= 15 is 0 Å². The number of hydrogen-bond acceptors (Lipinski definition) is 5. The van der Waals surface area contributed by atoms with Gasteiger partial charge in [0.15, 0.2) is 5.69 Å². The third-order valence-corrected chi connectivity index (χ3v) is 3.59. The number of hydrogen-bond donors (Lipinski definition) is 3. The van der Waals surface area contributed by atoms with Crippen molar-refractivity contribution in [1.29, 1.82) is 0 Å². The first-order valence-electron chi connectivity index (χ1n) is 7.54. The molecule has 1 fully saturated rings. The standard InChI is InChI=1S/C16H18N4O3/c17-7-8-18-15(21)11-3-1-2-4-12(11)19-16(22)13-9-14(23-20-13)10-5-6-10/h1-4,9-10H,5-8,17H2,(H,18,21)(H,19,22). The molecule has 7 heteroatoms. The zero-order valence-electron chi connectivity index (χ0n) is 12.5. The molecule has 3 rings (SSSR count). The molecule has 1 heterocycles. The molecule has 1 aliphatic rings. The van der Waals surface area contributed by atoms with Gasteiger partial charge in [0.25, 0.3) is 11.8 Å². The first-order valence-corrected chi connectivity index (χ1v) is 7.54. The molecule has 0 radical (unpaired) electrons. The van der Waals surface area contributed by atoms with E-state index in [2.05, 4.69) is 15.8 Å². The summed E-state index contributed by atoms with van der Waals surface area (Å²) in [5.41, 5.74) is 6.39. The lowest BCUT2D eigenvalue weighted by molar-refractivity contribution is 0.0955. The molecule has 2 aromatic rings. The topological polar surface area (TPSA) is 110 Å². The summed E-state index contributed by atoms with van der Waals surface area (Å²) in [6.45, 7) is 0.721. The number of aromatic nitrogens is 1. The third-order valence-electron chi connectivity index (χ3n) is 3.59. The fraction of sp³-hybridized carbons (Fsp3) is 0.312. The van der Waals surface area contributed by atoms with Crippen molar-refractivity contribution in [2.45, 2.75) is 18.8 Å². The van der Waals surface area contributed by atoms with Gasteiger partial charge in [-0.1, -0.05) is 17.3 Å². The van der Waals surface area contributed by atoms with Gasteiger partial charge in [-0.2, -0.15) is 0 Å². The Labute approximate surface area is 133 Å². The molecule has 0 atom stereocenters. The molecule has 1 aromatic carbocycles. The average molecular weight is 314 g/mol. The van der Waals surface area contributed by atoms with Gasteiger partial charge in [0.1, 0.15) is 5.76 Å². The quantitative estimate of drug-likeness (QED) is 0.748. The van der Waals surface area contributed by atoms with E-state index in [0.717, 1.165) is 18.6 Å². The highest BCUT2D eigenvalue weighted by Crippen LogP contribution is 2.40. The molecular formula is C16H18N4O3. The highest BCUT2D eigenvalue weighted by molar-refractivity contribution is 6.08.